The largest absolute Gasteiger partial charge is 0.324 e. The number of likely N-dealkylation sites (N-methyl/N-ethyl adjacent to an activating group) is 1. The highest BCUT2D eigenvalue weighted by Crippen LogP contribution is 2.43. The number of halogens is 1. The third kappa shape index (κ3) is 4.46. The molecule has 1 aromatic carbocycles. The highest BCUT2D eigenvalue weighted by atomic mass is 32.2. The molecular weight excluding hydrogens is 497 g/mol. The molecule has 0 radical (unpaired) electrons. The Hall–Kier alpha value is -3.02. The van der Waals surface area contributed by atoms with E-state index in [9.17, 15) is 8.60 Å². The number of benzene rings is 1. The Morgan fingerprint density at radius 2 is 2.06 bits per heavy atom. The van der Waals surface area contributed by atoms with Crippen LogP contribution in [0.15, 0.2) is 47.1 Å². The van der Waals surface area contributed by atoms with Gasteiger partial charge >= 0.3 is 0 Å². The Labute approximate surface area is 213 Å². The van der Waals surface area contributed by atoms with Gasteiger partial charge in [-0.05, 0) is 60.2 Å². The number of nitrogens with zero attached hydrogens (tertiary/aromatic N) is 6. The predicted octanol–water partition coefficient (Wildman–Crippen LogP) is 4.83. The van der Waals surface area contributed by atoms with Gasteiger partial charge in [0.1, 0.15) is 5.82 Å². The summed E-state index contributed by atoms with van der Waals surface area (Å²) < 4.78 is 32.6. The molecule has 2 aliphatic heterocycles. The van der Waals surface area contributed by atoms with E-state index in [1.165, 1.54) is 29.1 Å². The number of rotatable bonds is 4. The van der Waals surface area contributed by atoms with Crippen molar-refractivity contribution in [1.29, 1.82) is 0 Å². The average Bonchev–Trinajstić information content (AvgIpc) is 3.14. The van der Waals surface area contributed by atoms with Crippen LogP contribution in [0.3, 0.4) is 0 Å². The molecule has 2 aliphatic rings. The van der Waals surface area contributed by atoms with Gasteiger partial charge in [0.25, 0.3) is 0 Å². The average molecular weight is 524 g/mol. The van der Waals surface area contributed by atoms with E-state index < -0.39 is 15.5 Å². The highest BCUT2D eigenvalue weighted by molar-refractivity contribution is 7.99. The Bertz CT molecular complexity index is 1620. The fourth-order valence-electron chi connectivity index (χ4n) is 4.93. The summed E-state index contributed by atoms with van der Waals surface area (Å²) in [5, 5.41) is 4.16. The Morgan fingerprint density at radius 3 is 2.89 bits per heavy atom. The summed E-state index contributed by atoms with van der Waals surface area (Å²) in [7, 11) is -0.221. The third-order valence-corrected chi connectivity index (χ3v) is 8.17. The first-order chi connectivity index (χ1) is 17.2. The van der Waals surface area contributed by atoms with Crippen molar-refractivity contribution in [3.63, 3.8) is 0 Å². The van der Waals surface area contributed by atoms with Gasteiger partial charge in [-0.3, -0.25) is 4.57 Å². The number of hydrogen-bond acceptors (Lipinski definition) is 8. The normalized spacial score (nSPS) is 17.7. The standard InChI is InChI=1S/C25H26FN7OS2/c1-32-12-16-10-17(9-15-7-8-35-20(14-32)23(15)16)28-25-27-11-18-19(26)13-33(24(18)30-25)22-6-4-5-21(29-22)31-36(2,3)34/h4-6,9-11,13,20H,7-8,12,14H2,1-3H3,(H,27,28,30). The fraction of sp³-hybridized carbons (Fsp3) is 0.320. The van der Waals surface area contributed by atoms with Crippen molar-refractivity contribution in [1.82, 2.24) is 24.4 Å². The lowest BCUT2D eigenvalue weighted by atomic mass is 9.92. The summed E-state index contributed by atoms with van der Waals surface area (Å²) in [6.07, 6.45) is 6.96. The zero-order valence-corrected chi connectivity index (χ0v) is 21.9. The molecule has 8 nitrogen and oxygen atoms in total. The summed E-state index contributed by atoms with van der Waals surface area (Å²) >= 11 is 2.04. The van der Waals surface area contributed by atoms with Gasteiger partial charge < -0.3 is 10.2 Å². The summed E-state index contributed by atoms with van der Waals surface area (Å²) in [6.45, 7) is 1.99. The smallest absolute Gasteiger partial charge is 0.229 e. The van der Waals surface area contributed by atoms with Crippen LogP contribution in [-0.4, -0.2) is 60.5 Å². The van der Waals surface area contributed by atoms with Gasteiger partial charge in [0.05, 0.1) is 5.39 Å². The van der Waals surface area contributed by atoms with Crippen molar-refractivity contribution < 1.29 is 8.60 Å². The number of pyridine rings is 1. The number of thioether (sulfide) groups is 1. The minimum absolute atomic E-state index is 0.293. The lowest BCUT2D eigenvalue weighted by Crippen LogP contribution is -2.31. The minimum atomic E-state index is -2.38. The van der Waals surface area contributed by atoms with Crippen LogP contribution in [0.1, 0.15) is 21.9 Å². The molecule has 6 rings (SSSR count). The second-order valence-electron chi connectivity index (χ2n) is 9.54. The van der Waals surface area contributed by atoms with E-state index in [-0.39, 0.29) is 0 Å². The first-order valence-corrected chi connectivity index (χ1v) is 15.0. The molecule has 1 unspecified atom stereocenters. The molecule has 3 aromatic heterocycles. The molecule has 4 aromatic rings. The number of aromatic nitrogens is 4. The molecule has 0 amide bonds. The predicted molar refractivity (Wildman–Crippen MR) is 144 cm³/mol. The molecule has 0 bridgehead atoms. The van der Waals surface area contributed by atoms with Gasteiger partial charge in [0.15, 0.2) is 17.3 Å². The number of aryl methyl sites for hydroxylation is 1. The number of fused-ring (bicyclic) bond motifs is 1. The zero-order chi connectivity index (χ0) is 25.0. The van der Waals surface area contributed by atoms with Crippen LogP contribution in [0.2, 0.25) is 0 Å². The molecule has 0 aliphatic carbocycles. The second kappa shape index (κ2) is 8.82. The van der Waals surface area contributed by atoms with E-state index in [1.807, 2.05) is 11.8 Å². The van der Waals surface area contributed by atoms with Gasteiger partial charge in [-0.2, -0.15) is 21.1 Å². The molecule has 1 N–H and O–H groups in total. The molecule has 0 spiro atoms. The van der Waals surface area contributed by atoms with Gasteiger partial charge in [-0.15, -0.1) is 0 Å². The molecular formula is C25H26FN7OS2. The molecule has 186 valence electrons. The lowest BCUT2D eigenvalue weighted by molar-refractivity contribution is 0.308. The van der Waals surface area contributed by atoms with Gasteiger partial charge in [-0.25, -0.2) is 18.6 Å². The van der Waals surface area contributed by atoms with E-state index in [2.05, 4.69) is 48.7 Å². The highest BCUT2D eigenvalue weighted by Gasteiger charge is 2.29. The Kier molecular flexibility index (Phi) is 5.73. The Balaban J connectivity index is 1.39. The first kappa shape index (κ1) is 23.4. The van der Waals surface area contributed by atoms with Crippen LogP contribution in [-0.2, 0) is 22.7 Å². The van der Waals surface area contributed by atoms with Gasteiger partial charge in [0, 0.05) is 58.7 Å². The van der Waals surface area contributed by atoms with Crippen LogP contribution in [0.5, 0.6) is 0 Å². The van der Waals surface area contributed by atoms with E-state index in [0.29, 0.717) is 33.9 Å². The molecule has 11 heteroatoms. The molecule has 0 fully saturated rings. The van der Waals surface area contributed by atoms with E-state index in [4.69, 9.17) is 0 Å². The second-order valence-corrected chi connectivity index (χ2v) is 13.4. The minimum Gasteiger partial charge on any atom is -0.324 e. The van der Waals surface area contributed by atoms with Crippen molar-refractivity contribution in [3.05, 3.63) is 65.2 Å². The molecule has 1 atom stereocenters. The lowest BCUT2D eigenvalue weighted by Gasteiger charge is -2.36. The van der Waals surface area contributed by atoms with Crippen molar-refractivity contribution in [2.24, 2.45) is 4.36 Å². The van der Waals surface area contributed by atoms with Crippen LogP contribution < -0.4 is 5.32 Å². The first-order valence-electron chi connectivity index (χ1n) is 11.6. The summed E-state index contributed by atoms with van der Waals surface area (Å²) in [5.74, 6) is 1.81. The maximum absolute atomic E-state index is 14.8. The van der Waals surface area contributed by atoms with Crippen molar-refractivity contribution in [3.8, 4) is 5.82 Å². The number of nitrogens with one attached hydrogen (secondary N) is 1. The number of hydrogen-bond donors (Lipinski definition) is 1. The van der Waals surface area contributed by atoms with Crippen molar-refractivity contribution in [2.75, 3.05) is 37.2 Å². The number of anilines is 2. The van der Waals surface area contributed by atoms with Crippen molar-refractivity contribution >= 4 is 50.0 Å². The SMILES string of the molecule is CN1Cc2cc(Nc3ncc4c(F)cn(-c5cccc(N=S(C)(C)=O)n5)c4n3)cc3c2C(C1)SCC3. The molecule has 36 heavy (non-hydrogen) atoms. The van der Waals surface area contributed by atoms with E-state index in [0.717, 1.165) is 31.0 Å². The van der Waals surface area contributed by atoms with Crippen LogP contribution in [0, 0.1) is 5.82 Å². The topological polar surface area (TPSA) is 88.3 Å². The summed E-state index contributed by atoms with van der Waals surface area (Å²) in [6, 6.07) is 9.53. The van der Waals surface area contributed by atoms with Gasteiger partial charge in [-0.1, -0.05) is 6.07 Å². The monoisotopic (exact) mass is 523 g/mol. The Morgan fingerprint density at radius 1 is 1.22 bits per heavy atom. The fourth-order valence-corrected chi connectivity index (χ4v) is 6.94. The maximum Gasteiger partial charge on any atom is 0.229 e. The van der Waals surface area contributed by atoms with E-state index in [1.54, 1.807) is 35.3 Å². The van der Waals surface area contributed by atoms with Crippen LogP contribution in [0.4, 0.5) is 21.8 Å². The third-order valence-electron chi connectivity index (χ3n) is 6.31. The quantitative estimate of drug-likeness (QED) is 0.410. The molecule has 5 heterocycles. The van der Waals surface area contributed by atoms with Crippen LogP contribution in [0.25, 0.3) is 16.9 Å². The maximum atomic E-state index is 14.8. The summed E-state index contributed by atoms with van der Waals surface area (Å²) in [4.78, 5) is 15.8. The van der Waals surface area contributed by atoms with E-state index >= 15 is 0 Å². The molecule has 0 saturated heterocycles. The van der Waals surface area contributed by atoms with Crippen LogP contribution >= 0.6 is 11.8 Å². The van der Waals surface area contributed by atoms with Gasteiger partial charge in [0.2, 0.25) is 5.95 Å². The summed E-state index contributed by atoms with van der Waals surface area (Å²) in [5.41, 5.74) is 5.53. The molecule has 0 saturated carbocycles. The zero-order valence-electron chi connectivity index (χ0n) is 20.2. The van der Waals surface area contributed by atoms with Crippen molar-refractivity contribution in [2.45, 2.75) is 18.2 Å².